The number of benzene rings is 1. The van der Waals surface area contributed by atoms with Crippen LogP contribution in [0.25, 0.3) is 0 Å². The van der Waals surface area contributed by atoms with E-state index in [2.05, 4.69) is 0 Å². The van der Waals surface area contributed by atoms with Gasteiger partial charge in [-0.2, -0.15) is 0 Å². The van der Waals surface area contributed by atoms with Gasteiger partial charge in [0.2, 0.25) is 0 Å². The van der Waals surface area contributed by atoms with E-state index >= 15 is 0 Å². The second-order valence-corrected chi connectivity index (χ2v) is 4.43. The monoisotopic (exact) mass is 214 g/mol. The molecule has 0 spiro atoms. The summed E-state index contributed by atoms with van der Waals surface area (Å²) in [6, 6.07) is 7.01. The van der Waals surface area contributed by atoms with Crippen molar-refractivity contribution in [2.75, 3.05) is 12.4 Å². The maximum Gasteiger partial charge on any atom is 0.176 e. The van der Waals surface area contributed by atoms with E-state index in [1.165, 1.54) is 0 Å². The second-order valence-electron chi connectivity index (χ2n) is 2.98. The van der Waals surface area contributed by atoms with Crippen molar-refractivity contribution in [2.24, 2.45) is 0 Å². The Kier molecular flexibility index (Phi) is 3.95. The lowest BCUT2D eigenvalue weighted by molar-refractivity contribution is -0.117. The maximum absolute atomic E-state index is 11.8. The fourth-order valence-corrected chi connectivity index (χ4v) is 1.93. The highest BCUT2D eigenvalue weighted by Crippen LogP contribution is 2.08. The third kappa shape index (κ3) is 3.03. The molecule has 4 heteroatoms. The van der Waals surface area contributed by atoms with Gasteiger partial charge in [-0.05, 0) is 19.1 Å². The summed E-state index contributed by atoms with van der Waals surface area (Å²) in [6.07, 6.45) is 0. The Morgan fingerprint density at radius 2 is 1.93 bits per heavy atom. The molecule has 0 aromatic heterocycles. The smallest absolute Gasteiger partial charge is 0.176 e. The van der Waals surface area contributed by atoms with E-state index in [4.69, 9.17) is 0 Å². The van der Waals surface area contributed by atoms with E-state index < -0.39 is 23.3 Å². The predicted molar refractivity (Wildman–Crippen MR) is 53.4 cm³/mol. The van der Waals surface area contributed by atoms with Crippen molar-refractivity contribution < 1.29 is 13.4 Å². The Morgan fingerprint density at radius 1 is 1.36 bits per heavy atom. The van der Waals surface area contributed by atoms with Crippen LogP contribution >= 0.6 is 0 Å². The minimum Gasteiger partial charge on any atom is -0.296 e. The summed E-state index contributed by atoms with van der Waals surface area (Å²) in [5.74, 6) is -0.858. The average Bonchev–Trinajstić information content (AvgIpc) is 2.18. The molecule has 0 bridgehead atoms. The van der Waals surface area contributed by atoms with Crippen LogP contribution < -0.4 is 0 Å². The number of alkyl halides is 1. The summed E-state index contributed by atoms with van der Waals surface area (Å²) in [5.41, 5.74) is 1.06. The molecule has 1 aromatic carbocycles. The lowest BCUT2D eigenvalue weighted by Gasteiger charge is -2.00. The number of Topliss-reactive ketones (excluding diaryl/α,β-unsaturated/α-hetero) is 1. The summed E-state index contributed by atoms with van der Waals surface area (Å²) in [7, 11) is -1.41. The van der Waals surface area contributed by atoms with E-state index in [1.54, 1.807) is 12.1 Å². The van der Waals surface area contributed by atoms with Gasteiger partial charge in [0.25, 0.3) is 0 Å². The quantitative estimate of drug-likeness (QED) is 0.763. The van der Waals surface area contributed by atoms with E-state index in [0.717, 1.165) is 5.56 Å². The largest absolute Gasteiger partial charge is 0.296 e. The first-order valence-electron chi connectivity index (χ1n) is 4.16. The second kappa shape index (κ2) is 5.00. The summed E-state index contributed by atoms with van der Waals surface area (Å²) >= 11 is 0. The van der Waals surface area contributed by atoms with Crippen LogP contribution in [0.2, 0.25) is 0 Å². The van der Waals surface area contributed by atoms with Gasteiger partial charge in [0.15, 0.2) is 5.78 Å². The summed E-state index contributed by atoms with van der Waals surface area (Å²) in [6.45, 7) is 0.872. The molecule has 0 unspecified atom stereocenters. The Morgan fingerprint density at radius 3 is 2.43 bits per heavy atom. The Bertz CT molecular complexity index is 346. The topological polar surface area (TPSA) is 34.1 Å². The zero-order valence-corrected chi connectivity index (χ0v) is 8.64. The summed E-state index contributed by atoms with van der Waals surface area (Å²) in [4.78, 5) is 11.3. The summed E-state index contributed by atoms with van der Waals surface area (Å²) < 4.78 is 23.3. The molecule has 1 atom stereocenters. The first kappa shape index (κ1) is 11.0. The van der Waals surface area contributed by atoms with Crippen LogP contribution in [0.15, 0.2) is 29.2 Å². The van der Waals surface area contributed by atoms with Crippen LogP contribution in [0, 0.1) is 6.92 Å². The van der Waals surface area contributed by atoms with Crippen LogP contribution in [0.5, 0.6) is 0 Å². The molecule has 0 amide bonds. The first-order chi connectivity index (χ1) is 6.63. The molecule has 1 aromatic rings. The lowest BCUT2D eigenvalue weighted by Crippen LogP contribution is -2.12. The van der Waals surface area contributed by atoms with Gasteiger partial charge in [-0.3, -0.25) is 9.00 Å². The molecule has 14 heavy (non-hydrogen) atoms. The van der Waals surface area contributed by atoms with E-state index in [1.807, 2.05) is 19.1 Å². The van der Waals surface area contributed by atoms with Crippen molar-refractivity contribution in [1.82, 2.24) is 0 Å². The average molecular weight is 214 g/mol. The fraction of sp³-hybridized carbons (Fsp3) is 0.300. The normalized spacial score (nSPS) is 12.4. The SMILES string of the molecule is Cc1ccc([S@](=O)CC(=O)CF)cc1. The molecule has 0 fully saturated rings. The molecule has 1 rings (SSSR count). The number of hydrogen-bond donors (Lipinski definition) is 0. The number of aryl methyl sites for hydroxylation is 1. The summed E-state index contributed by atoms with van der Waals surface area (Å²) in [5, 5.41) is 0. The van der Waals surface area contributed by atoms with Crippen molar-refractivity contribution in [2.45, 2.75) is 11.8 Å². The zero-order chi connectivity index (χ0) is 10.6. The van der Waals surface area contributed by atoms with Gasteiger partial charge in [0, 0.05) is 4.90 Å². The lowest BCUT2D eigenvalue weighted by atomic mass is 10.2. The van der Waals surface area contributed by atoms with Gasteiger partial charge in [-0.1, -0.05) is 17.7 Å². The Hall–Kier alpha value is -1.03. The first-order valence-corrected chi connectivity index (χ1v) is 5.48. The van der Waals surface area contributed by atoms with Crippen LogP contribution in [-0.2, 0) is 15.6 Å². The number of hydrogen-bond acceptors (Lipinski definition) is 2. The molecule has 0 heterocycles. The Labute approximate surface area is 84.6 Å². The highest BCUT2D eigenvalue weighted by atomic mass is 32.2. The van der Waals surface area contributed by atoms with Gasteiger partial charge >= 0.3 is 0 Å². The van der Waals surface area contributed by atoms with Crippen molar-refractivity contribution in [1.29, 1.82) is 0 Å². The van der Waals surface area contributed by atoms with Crippen molar-refractivity contribution >= 4 is 16.6 Å². The molecule has 0 aliphatic carbocycles. The number of halogens is 1. The van der Waals surface area contributed by atoms with Gasteiger partial charge < -0.3 is 0 Å². The molecule has 0 aliphatic rings. The molecule has 76 valence electrons. The highest BCUT2D eigenvalue weighted by Gasteiger charge is 2.09. The van der Waals surface area contributed by atoms with Crippen molar-refractivity contribution in [3.8, 4) is 0 Å². The van der Waals surface area contributed by atoms with E-state index in [-0.39, 0.29) is 5.75 Å². The number of ketones is 1. The number of carbonyl (C=O) groups is 1. The molecular weight excluding hydrogens is 203 g/mol. The highest BCUT2D eigenvalue weighted by molar-refractivity contribution is 7.85. The van der Waals surface area contributed by atoms with E-state index in [0.29, 0.717) is 4.90 Å². The van der Waals surface area contributed by atoms with Gasteiger partial charge in [0.05, 0.1) is 16.6 Å². The third-order valence-corrected chi connectivity index (χ3v) is 3.11. The van der Waals surface area contributed by atoms with Crippen LogP contribution in [-0.4, -0.2) is 22.4 Å². The molecule has 0 saturated carbocycles. The van der Waals surface area contributed by atoms with Crippen LogP contribution in [0.1, 0.15) is 5.56 Å². The third-order valence-electron chi connectivity index (χ3n) is 1.73. The number of carbonyl (C=O) groups excluding carboxylic acids is 1. The molecule has 0 radical (unpaired) electrons. The number of rotatable bonds is 4. The minimum absolute atomic E-state index is 0.237. The van der Waals surface area contributed by atoms with Crippen LogP contribution in [0.4, 0.5) is 4.39 Å². The predicted octanol–water partition coefficient (Wildman–Crippen LogP) is 1.64. The van der Waals surface area contributed by atoms with Crippen LogP contribution in [0.3, 0.4) is 0 Å². The molecule has 0 saturated heterocycles. The fourth-order valence-electron chi connectivity index (χ4n) is 0.958. The van der Waals surface area contributed by atoms with Gasteiger partial charge in [-0.25, -0.2) is 4.39 Å². The van der Waals surface area contributed by atoms with Crippen molar-refractivity contribution in [3.63, 3.8) is 0 Å². The van der Waals surface area contributed by atoms with Crippen molar-refractivity contribution in [3.05, 3.63) is 29.8 Å². The van der Waals surface area contributed by atoms with E-state index in [9.17, 15) is 13.4 Å². The molecule has 2 nitrogen and oxygen atoms in total. The van der Waals surface area contributed by atoms with Gasteiger partial charge in [-0.15, -0.1) is 0 Å². The molecule has 0 aliphatic heterocycles. The zero-order valence-electron chi connectivity index (χ0n) is 7.83. The molecular formula is C10H11FO2S. The standard InChI is InChI=1S/C10H11FO2S/c1-8-2-4-10(5-3-8)14(13)7-9(12)6-11/h2-5H,6-7H2,1H3/t14-/m1/s1. The maximum atomic E-state index is 11.8. The minimum atomic E-state index is -1.41. The van der Waals surface area contributed by atoms with Gasteiger partial charge in [0.1, 0.15) is 6.67 Å². The Balaban J connectivity index is 2.70. The molecule has 0 N–H and O–H groups in total.